The Kier molecular flexibility index (Phi) is 7.15. The van der Waals surface area contributed by atoms with E-state index in [1.807, 2.05) is 12.1 Å². The Hall–Kier alpha value is -2.15. The van der Waals surface area contributed by atoms with Crippen LogP contribution in [0.25, 0.3) is 0 Å². The molecule has 8 heteroatoms. The lowest BCUT2D eigenvalue weighted by Gasteiger charge is -2.19. The highest BCUT2D eigenvalue weighted by atomic mass is 35.5. The molecule has 1 aromatic heterocycles. The Labute approximate surface area is 165 Å². The quantitative estimate of drug-likeness (QED) is 0.834. The zero-order valence-electron chi connectivity index (χ0n) is 14.6. The second-order valence-corrected chi connectivity index (χ2v) is 6.47. The van der Waals surface area contributed by atoms with E-state index in [0.29, 0.717) is 17.8 Å². The van der Waals surface area contributed by atoms with Crippen LogP contribution in [-0.4, -0.2) is 28.9 Å². The average molecular weight is 397 g/mol. The molecule has 3 N–H and O–H groups in total. The number of fused-ring (bicyclic) bond motifs is 1. The minimum atomic E-state index is -0.943. The maximum absolute atomic E-state index is 12.6. The largest absolute Gasteiger partial charge is 0.324 e. The number of anilines is 2. The molecule has 1 aromatic carbocycles. The number of rotatable bonds is 3. The van der Waals surface area contributed by atoms with Gasteiger partial charge in [-0.1, -0.05) is 0 Å². The first-order chi connectivity index (χ1) is 11.4. The number of carbonyl (C=O) groups is 2. The van der Waals surface area contributed by atoms with Gasteiger partial charge in [0.05, 0.1) is 11.1 Å². The molecule has 2 aromatic rings. The molecule has 0 fully saturated rings. The van der Waals surface area contributed by atoms with Crippen molar-refractivity contribution in [3.63, 3.8) is 0 Å². The number of amides is 2. The van der Waals surface area contributed by atoms with Gasteiger partial charge in [-0.25, -0.2) is 0 Å². The van der Waals surface area contributed by atoms with Gasteiger partial charge in [-0.3, -0.25) is 14.6 Å². The van der Waals surface area contributed by atoms with E-state index in [-0.39, 0.29) is 36.6 Å². The van der Waals surface area contributed by atoms with Crippen molar-refractivity contribution in [3.05, 3.63) is 53.9 Å². The number of benzene rings is 1. The molecule has 140 valence electrons. The van der Waals surface area contributed by atoms with Crippen molar-refractivity contribution in [2.75, 3.05) is 16.8 Å². The summed E-state index contributed by atoms with van der Waals surface area (Å²) >= 11 is 0. The maximum Gasteiger partial charge on any atom is 0.259 e. The Morgan fingerprint density at radius 3 is 2.58 bits per heavy atom. The minimum absolute atomic E-state index is 0. The number of hydrogen-bond donors (Lipinski definition) is 2. The second-order valence-electron chi connectivity index (χ2n) is 6.47. The van der Waals surface area contributed by atoms with E-state index in [2.05, 4.69) is 10.3 Å². The lowest BCUT2D eigenvalue weighted by atomic mass is 10.1. The third-order valence-corrected chi connectivity index (χ3v) is 3.97. The topological polar surface area (TPSA) is 88.3 Å². The molecule has 3 rings (SSSR count). The van der Waals surface area contributed by atoms with Crippen molar-refractivity contribution in [2.45, 2.75) is 25.8 Å². The van der Waals surface area contributed by atoms with Gasteiger partial charge in [0.2, 0.25) is 5.91 Å². The Morgan fingerprint density at radius 1 is 1.23 bits per heavy atom. The number of aromatic nitrogens is 1. The average Bonchev–Trinajstić information content (AvgIpc) is 2.97. The van der Waals surface area contributed by atoms with E-state index in [0.717, 1.165) is 17.7 Å². The summed E-state index contributed by atoms with van der Waals surface area (Å²) in [7, 11) is 0. The summed E-state index contributed by atoms with van der Waals surface area (Å²) in [4.78, 5) is 30.3. The van der Waals surface area contributed by atoms with Gasteiger partial charge in [0.15, 0.2) is 0 Å². The van der Waals surface area contributed by atoms with Gasteiger partial charge >= 0.3 is 0 Å². The first-order valence-corrected chi connectivity index (χ1v) is 7.81. The van der Waals surface area contributed by atoms with Crippen molar-refractivity contribution in [2.24, 2.45) is 5.73 Å². The third-order valence-electron chi connectivity index (χ3n) is 3.97. The Morgan fingerprint density at radius 2 is 1.96 bits per heavy atom. The van der Waals surface area contributed by atoms with Crippen molar-refractivity contribution >= 4 is 48.0 Å². The standard InChI is InChI=1S/C18H20N4O2.2ClH/c1-18(2,19)17(24)21-14-5-6-15-12(10-14)7-9-22(15)16(23)13-4-3-8-20-11-13;;/h3-6,8,10-11H,7,9,19H2,1-2H3,(H,21,24);2*1H. The number of nitrogens with zero attached hydrogens (tertiary/aromatic N) is 2. The summed E-state index contributed by atoms with van der Waals surface area (Å²) in [5, 5.41) is 2.81. The monoisotopic (exact) mass is 396 g/mol. The van der Waals surface area contributed by atoms with Crippen LogP contribution in [0.2, 0.25) is 0 Å². The predicted molar refractivity (Wildman–Crippen MR) is 107 cm³/mol. The summed E-state index contributed by atoms with van der Waals surface area (Å²) in [5.41, 5.74) is 8.00. The zero-order chi connectivity index (χ0) is 17.3. The van der Waals surface area contributed by atoms with E-state index < -0.39 is 5.54 Å². The molecule has 26 heavy (non-hydrogen) atoms. The molecule has 2 heterocycles. The zero-order valence-corrected chi connectivity index (χ0v) is 16.2. The predicted octanol–water partition coefficient (Wildman–Crippen LogP) is 2.80. The third kappa shape index (κ3) is 4.52. The fourth-order valence-electron chi connectivity index (χ4n) is 2.63. The van der Waals surface area contributed by atoms with Gasteiger partial charge in [0.1, 0.15) is 0 Å². The van der Waals surface area contributed by atoms with Crippen LogP contribution in [0.3, 0.4) is 0 Å². The smallest absolute Gasteiger partial charge is 0.259 e. The first-order valence-electron chi connectivity index (χ1n) is 7.81. The highest BCUT2D eigenvalue weighted by Crippen LogP contribution is 2.31. The summed E-state index contributed by atoms with van der Waals surface area (Å²) < 4.78 is 0. The lowest BCUT2D eigenvalue weighted by Crippen LogP contribution is -2.45. The molecule has 0 spiro atoms. The normalized spacial score (nSPS) is 12.5. The van der Waals surface area contributed by atoms with Crippen LogP contribution in [0.15, 0.2) is 42.7 Å². The molecular weight excluding hydrogens is 375 g/mol. The minimum Gasteiger partial charge on any atom is -0.324 e. The van der Waals surface area contributed by atoms with Crippen LogP contribution >= 0.6 is 24.8 Å². The molecule has 0 atom stereocenters. The number of hydrogen-bond acceptors (Lipinski definition) is 4. The molecule has 0 saturated carbocycles. The number of carbonyl (C=O) groups excluding carboxylic acids is 2. The van der Waals surface area contributed by atoms with Crippen molar-refractivity contribution in [1.29, 1.82) is 0 Å². The molecule has 0 saturated heterocycles. The Bertz CT molecular complexity index is 792. The maximum atomic E-state index is 12.6. The van der Waals surface area contributed by atoms with E-state index in [1.165, 1.54) is 0 Å². The van der Waals surface area contributed by atoms with Crippen molar-refractivity contribution in [1.82, 2.24) is 4.98 Å². The van der Waals surface area contributed by atoms with Gasteiger partial charge < -0.3 is 16.0 Å². The Balaban J connectivity index is 0.00000169. The molecule has 0 aliphatic carbocycles. The second kappa shape index (κ2) is 8.49. The summed E-state index contributed by atoms with van der Waals surface area (Å²) in [6, 6.07) is 9.05. The number of nitrogens with two attached hydrogens (primary N) is 1. The molecule has 1 aliphatic rings. The van der Waals surface area contributed by atoms with E-state index in [1.54, 1.807) is 49.3 Å². The molecule has 6 nitrogen and oxygen atoms in total. The highest BCUT2D eigenvalue weighted by Gasteiger charge is 2.27. The molecule has 0 unspecified atom stereocenters. The van der Waals surface area contributed by atoms with E-state index in [4.69, 9.17) is 5.73 Å². The molecule has 0 radical (unpaired) electrons. The van der Waals surface area contributed by atoms with Crippen molar-refractivity contribution in [3.8, 4) is 0 Å². The summed E-state index contributed by atoms with van der Waals surface area (Å²) in [6.07, 6.45) is 3.96. The fourth-order valence-corrected chi connectivity index (χ4v) is 2.63. The summed E-state index contributed by atoms with van der Waals surface area (Å²) in [6.45, 7) is 3.93. The van der Waals surface area contributed by atoms with Gasteiger partial charge in [0, 0.05) is 30.3 Å². The van der Waals surface area contributed by atoms with Gasteiger partial charge in [-0.15, -0.1) is 24.8 Å². The fraction of sp³-hybridized carbons (Fsp3) is 0.278. The molecule has 0 bridgehead atoms. The van der Waals surface area contributed by atoms with Crippen LogP contribution in [0.5, 0.6) is 0 Å². The number of pyridine rings is 1. The molecule has 2 amide bonds. The van der Waals surface area contributed by atoms with Crippen LogP contribution < -0.4 is 16.0 Å². The molecular formula is C18H22Cl2N4O2. The first kappa shape index (κ1) is 21.9. The SMILES string of the molecule is CC(C)(N)C(=O)Nc1ccc2c(c1)CCN2C(=O)c1cccnc1.Cl.Cl. The van der Waals surface area contributed by atoms with Crippen LogP contribution in [0.4, 0.5) is 11.4 Å². The van der Waals surface area contributed by atoms with Crippen LogP contribution in [0.1, 0.15) is 29.8 Å². The van der Waals surface area contributed by atoms with Crippen LogP contribution in [0, 0.1) is 0 Å². The van der Waals surface area contributed by atoms with Crippen molar-refractivity contribution < 1.29 is 9.59 Å². The number of halogens is 2. The van der Waals surface area contributed by atoms with E-state index >= 15 is 0 Å². The van der Waals surface area contributed by atoms with Gasteiger partial charge in [-0.2, -0.15) is 0 Å². The van der Waals surface area contributed by atoms with Gasteiger partial charge in [0.25, 0.3) is 5.91 Å². The number of nitrogens with one attached hydrogen (secondary N) is 1. The van der Waals surface area contributed by atoms with Gasteiger partial charge in [-0.05, 0) is 56.2 Å². The highest BCUT2D eigenvalue weighted by molar-refractivity contribution is 6.07. The van der Waals surface area contributed by atoms with E-state index in [9.17, 15) is 9.59 Å². The summed E-state index contributed by atoms with van der Waals surface area (Å²) in [5.74, 6) is -0.314. The molecule has 1 aliphatic heterocycles. The lowest BCUT2D eigenvalue weighted by molar-refractivity contribution is -0.120. The van der Waals surface area contributed by atoms with Crippen LogP contribution in [-0.2, 0) is 11.2 Å².